The second-order valence-electron chi connectivity index (χ2n) is 2.02. The molecule has 0 aromatic heterocycles. The van der Waals surface area contributed by atoms with Crippen molar-refractivity contribution in [1.82, 2.24) is 0 Å². The smallest absolute Gasteiger partial charge is 0.545 e. The maximum absolute atomic E-state index is 9.53. The number of rotatable bonds is 4. The number of carboxylic acids is 2. The molecule has 0 aromatic carbocycles. The minimum absolute atomic E-state index is 0. The summed E-state index contributed by atoms with van der Waals surface area (Å²) < 4.78 is 0. The summed E-state index contributed by atoms with van der Waals surface area (Å²) in [6, 6.07) is 0. The molecule has 3 N–H and O–H groups in total. The molecule has 1 amide bonds. The van der Waals surface area contributed by atoms with E-state index in [2.05, 4.69) is 25.5 Å². The van der Waals surface area contributed by atoms with Crippen LogP contribution in [0, 0.1) is 0 Å². The van der Waals surface area contributed by atoms with Crippen molar-refractivity contribution in [3.05, 3.63) is 38.0 Å². The Morgan fingerprint density at radius 3 is 1.47 bits per heavy atom. The van der Waals surface area contributed by atoms with E-state index >= 15 is 0 Å². The van der Waals surface area contributed by atoms with Gasteiger partial charge in [0.1, 0.15) is 0 Å². The van der Waals surface area contributed by atoms with Crippen molar-refractivity contribution in [2.24, 2.45) is 5.73 Å². The van der Waals surface area contributed by atoms with Crippen LogP contribution in [0.1, 0.15) is 6.42 Å². The maximum Gasteiger partial charge on any atom is 1.00 e. The Morgan fingerprint density at radius 1 is 1.18 bits per heavy atom. The molecular formula is C10H14NNaO5. The second-order valence-corrected chi connectivity index (χ2v) is 2.02. The Labute approximate surface area is 122 Å². The zero-order valence-electron chi connectivity index (χ0n) is 9.72. The first-order valence-electron chi connectivity index (χ1n) is 3.89. The summed E-state index contributed by atoms with van der Waals surface area (Å²) in [4.78, 5) is 28.1. The number of carbonyl (C=O) groups is 3. The van der Waals surface area contributed by atoms with Gasteiger partial charge in [0.05, 0.1) is 12.4 Å². The average molecular weight is 251 g/mol. The molecule has 0 rings (SSSR count). The Morgan fingerprint density at radius 2 is 1.47 bits per heavy atom. The largest absolute Gasteiger partial charge is 1.00 e. The molecule has 90 valence electrons. The third-order valence-corrected chi connectivity index (χ3v) is 0.687. The van der Waals surface area contributed by atoms with Gasteiger partial charge in [-0.2, -0.15) is 0 Å². The molecule has 0 atom stereocenters. The van der Waals surface area contributed by atoms with Gasteiger partial charge < -0.3 is 20.7 Å². The molecule has 7 heteroatoms. The Bertz CT molecular complexity index is 258. The second kappa shape index (κ2) is 20.1. The van der Waals surface area contributed by atoms with Crippen LogP contribution in [0.3, 0.4) is 0 Å². The maximum atomic E-state index is 9.53. The van der Waals surface area contributed by atoms with E-state index in [1.807, 2.05) is 0 Å². The quantitative estimate of drug-likeness (QED) is 0.302. The zero-order valence-corrected chi connectivity index (χ0v) is 11.7. The number of primary amides is 1. The average Bonchev–Trinajstić information content (AvgIpc) is 2.19. The zero-order chi connectivity index (χ0) is 13.6. The van der Waals surface area contributed by atoms with Crippen molar-refractivity contribution >= 4 is 17.8 Å². The predicted molar refractivity (Wildman–Crippen MR) is 57.0 cm³/mol. The van der Waals surface area contributed by atoms with Crippen LogP contribution in [0.15, 0.2) is 38.0 Å². The minimum Gasteiger partial charge on any atom is -0.545 e. The van der Waals surface area contributed by atoms with Crippen LogP contribution in [0.25, 0.3) is 0 Å². The van der Waals surface area contributed by atoms with Crippen LogP contribution >= 0.6 is 0 Å². The molecule has 0 aliphatic carbocycles. The number of carboxylic acid groups (broad SMARTS) is 2. The minimum atomic E-state index is -1.23. The van der Waals surface area contributed by atoms with Crippen LogP contribution in [0.2, 0.25) is 0 Å². The van der Waals surface area contributed by atoms with Gasteiger partial charge in [-0.15, -0.1) is 6.58 Å². The fourth-order valence-electron chi connectivity index (χ4n) is 0.123. The van der Waals surface area contributed by atoms with Crippen molar-refractivity contribution < 1.29 is 54.2 Å². The van der Waals surface area contributed by atoms with E-state index < -0.39 is 17.8 Å². The first-order chi connectivity index (χ1) is 7.31. The molecule has 17 heavy (non-hydrogen) atoms. The predicted octanol–water partition coefficient (Wildman–Crippen LogP) is -3.77. The van der Waals surface area contributed by atoms with Crippen molar-refractivity contribution in [2.75, 3.05) is 0 Å². The number of carbonyl (C=O) groups excluding carboxylic acids is 2. The van der Waals surface area contributed by atoms with E-state index in [0.29, 0.717) is 0 Å². The van der Waals surface area contributed by atoms with E-state index in [1.54, 1.807) is 0 Å². The van der Waals surface area contributed by atoms with Crippen molar-refractivity contribution in [3.8, 4) is 0 Å². The Kier molecular flexibility index (Phi) is 29.2. The Hall–Kier alpha value is -1.37. The van der Waals surface area contributed by atoms with Crippen LogP contribution in [-0.2, 0) is 14.4 Å². The molecule has 0 aliphatic heterocycles. The molecule has 0 bridgehead atoms. The van der Waals surface area contributed by atoms with Crippen molar-refractivity contribution in [3.63, 3.8) is 0 Å². The van der Waals surface area contributed by atoms with Gasteiger partial charge in [0.15, 0.2) is 0 Å². The van der Waals surface area contributed by atoms with Crippen LogP contribution in [-0.4, -0.2) is 23.0 Å². The SMILES string of the molecule is C=CC(=O)[O-].C=CC(N)=O.C=CCC(=O)O.[Na+]. The number of nitrogens with two attached hydrogens (primary N) is 1. The summed E-state index contributed by atoms with van der Waals surface area (Å²) >= 11 is 0. The molecule has 0 saturated heterocycles. The van der Waals surface area contributed by atoms with Crippen molar-refractivity contribution in [2.45, 2.75) is 6.42 Å². The fraction of sp³-hybridized carbons (Fsp3) is 0.100. The van der Waals surface area contributed by atoms with Gasteiger partial charge >= 0.3 is 35.5 Å². The van der Waals surface area contributed by atoms with Gasteiger partial charge in [-0.1, -0.05) is 19.2 Å². The number of hydrogen-bond donors (Lipinski definition) is 2. The van der Waals surface area contributed by atoms with Gasteiger partial charge in [-0.25, -0.2) is 0 Å². The molecule has 0 unspecified atom stereocenters. The van der Waals surface area contributed by atoms with Crippen molar-refractivity contribution in [1.29, 1.82) is 0 Å². The summed E-state index contributed by atoms with van der Waals surface area (Å²) in [6.07, 6.45) is 3.18. The summed E-state index contributed by atoms with van der Waals surface area (Å²) in [5.41, 5.74) is 4.53. The summed E-state index contributed by atoms with van der Waals surface area (Å²) in [7, 11) is 0. The van der Waals surface area contributed by atoms with Gasteiger partial charge in [-0.05, 0) is 12.2 Å². The molecule has 0 radical (unpaired) electrons. The fourth-order valence-corrected chi connectivity index (χ4v) is 0.123. The Balaban J connectivity index is -0.0000000729. The molecule has 0 aliphatic rings. The van der Waals surface area contributed by atoms with E-state index in [4.69, 9.17) is 15.0 Å². The van der Waals surface area contributed by atoms with E-state index in [1.165, 1.54) is 6.08 Å². The summed E-state index contributed by atoms with van der Waals surface area (Å²) in [5, 5.41) is 17.0. The molecule has 6 nitrogen and oxygen atoms in total. The molecule has 0 fully saturated rings. The first kappa shape index (κ1) is 24.7. The van der Waals surface area contributed by atoms with Gasteiger partial charge in [0, 0.05) is 0 Å². The monoisotopic (exact) mass is 251 g/mol. The summed E-state index contributed by atoms with van der Waals surface area (Å²) in [6.45, 7) is 9.20. The molecule has 0 aromatic rings. The van der Waals surface area contributed by atoms with Crippen LogP contribution < -0.4 is 40.4 Å². The van der Waals surface area contributed by atoms with Crippen LogP contribution in [0.5, 0.6) is 0 Å². The van der Waals surface area contributed by atoms with Gasteiger partial charge in [-0.3, -0.25) is 9.59 Å². The normalized spacial score (nSPS) is 6.35. The molecule has 0 heterocycles. The topological polar surface area (TPSA) is 121 Å². The third-order valence-electron chi connectivity index (χ3n) is 0.687. The van der Waals surface area contributed by atoms with Gasteiger partial charge in [0.2, 0.25) is 5.91 Å². The van der Waals surface area contributed by atoms with Crippen LogP contribution in [0.4, 0.5) is 0 Å². The molecule has 0 spiro atoms. The number of amides is 1. The first-order valence-corrected chi connectivity index (χ1v) is 3.89. The standard InChI is InChI=1S/C4H6O2.C3H5NO.C3H4O2.Na/c1-2-3-4(5)6;2*1-2-3(4)5;/h2H,1,3H2,(H,5,6);2H,1H2,(H2,4,5);2H,1H2,(H,4,5);/q;;;+1/p-1. The molecule has 0 saturated carbocycles. The van der Waals surface area contributed by atoms with E-state index in [9.17, 15) is 9.59 Å². The third kappa shape index (κ3) is 73.6. The molecular weight excluding hydrogens is 237 g/mol. The number of aliphatic carboxylic acids is 2. The number of hydrogen-bond acceptors (Lipinski definition) is 4. The van der Waals surface area contributed by atoms with E-state index in [-0.39, 0.29) is 36.0 Å². The van der Waals surface area contributed by atoms with Gasteiger partial charge in [0.25, 0.3) is 0 Å². The summed E-state index contributed by atoms with van der Waals surface area (Å²) in [5.74, 6) is -2.54. The van der Waals surface area contributed by atoms with E-state index in [0.717, 1.165) is 12.2 Å².